The van der Waals surface area contributed by atoms with E-state index in [0.717, 1.165) is 6.54 Å². The molecule has 2 heteroatoms. The molecule has 1 N–H and O–H groups in total. The van der Waals surface area contributed by atoms with Crippen molar-refractivity contribution in [1.82, 2.24) is 5.32 Å². The van der Waals surface area contributed by atoms with Gasteiger partial charge in [0.1, 0.15) is 0 Å². The first kappa shape index (κ1) is 12.4. The molecule has 17 heavy (non-hydrogen) atoms. The molecule has 0 aromatic heterocycles. The van der Waals surface area contributed by atoms with Crippen LogP contribution in [0.5, 0.6) is 0 Å². The second-order valence-electron chi connectivity index (χ2n) is 5.80. The topological polar surface area (TPSA) is 15.3 Å². The Labute approximate surface area is 105 Å². The molecule has 0 amide bonds. The molecule has 0 fully saturated rings. The Balaban J connectivity index is 2.12. The van der Waals surface area contributed by atoms with Gasteiger partial charge in [0.2, 0.25) is 0 Å². The molecule has 0 saturated carbocycles. The molecular weight excluding hydrogens is 208 g/mol. The zero-order chi connectivity index (χ0) is 12.5. The van der Waals surface area contributed by atoms with Crippen molar-refractivity contribution in [3.63, 3.8) is 0 Å². The average Bonchev–Trinajstić information content (AvgIpc) is 2.75. The molecule has 2 nitrogen and oxygen atoms in total. The highest BCUT2D eigenvalue weighted by atomic mass is 15.1. The zero-order valence-electron chi connectivity index (χ0n) is 11.5. The van der Waals surface area contributed by atoms with Crippen LogP contribution >= 0.6 is 0 Å². The summed E-state index contributed by atoms with van der Waals surface area (Å²) in [7, 11) is 4.20. The number of nitrogens with one attached hydrogen (secondary N) is 1. The molecule has 0 atom stereocenters. The highest BCUT2D eigenvalue weighted by Gasteiger charge is 2.18. The lowest BCUT2D eigenvalue weighted by Crippen LogP contribution is -2.46. The molecule has 0 heterocycles. The maximum atomic E-state index is 3.35. The Morgan fingerprint density at radius 2 is 1.94 bits per heavy atom. The second kappa shape index (κ2) is 4.69. The summed E-state index contributed by atoms with van der Waals surface area (Å²) in [6.07, 6.45) is 3.85. The first-order valence-corrected chi connectivity index (χ1v) is 6.54. The van der Waals surface area contributed by atoms with Crippen LogP contribution in [0.2, 0.25) is 0 Å². The quantitative estimate of drug-likeness (QED) is 0.858. The summed E-state index contributed by atoms with van der Waals surface area (Å²) in [5.41, 5.74) is 4.59. The molecule has 2 rings (SSSR count). The van der Waals surface area contributed by atoms with E-state index in [9.17, 15) is 0 Å². The number of rotatable bonds is 4. The van der Waals surface area contributed by atoms with Crippen molar-refractivity contribution >= 4 is 5.69 Å². The SMILES string of the molecule is CNC(C)(C)CN(C)c1ccc2c(c1)CCC2. The Hall–Kier alpha value is -1.02. The van der Waals surface area contributed by atoms with Gasteiger partial charge in [0.25, 0.3) is 0 Å². The minimum atomic E-state index is 0.147. The van der Waals surface area contributed by atoms with Crippen molar-refractivity contribution in [2.45, 2.75) is 38.6 Å². The minimum absolute atomic E-state index is 0.147. The standard InChI is InChI=1S/C15H24N2/c1-15(2,16-3)11-17(4)14-9-8-12-6-5-7-13(12)10-14/h8-10,16H,5-7,11H2,1-4H3. The van der Waals surface area contributed by atoms with Gasteiger partial charge < -0.3 is 10.2 Å². The van der Waals surface area contributed by atoms with Gasteiger partial charge in [0.15, 0.2) is 0 Å². The summed E-state index contributed by atoms with van der Waals surface area (Å²) in [4.78, 5) is 2.34. The first-order chi connectivity index (χ1) is 8.02. The second-order valence-corrected chi connectivity index (χ2v) is 5.80. The number of likely N-dealkylation sites (N-methyl/N-ethyl adjacent to an activating group) is 2. The van der Waals surface area contributed by atoms with E-state index >= 15 is 0 Å². The van der Waals surface area contributed by atoms with Crippen LogP contribution in [0.15, 0.2) is 18.2 Å². The van der Waals surface area contributed by atoms with E-state index < -0.39 is 0 Å². The summed E-state index contributed by atoms with van der Waals surface area (Å²) in [6.45, 7) is 5.48. The van der Waals surface area contributed by atoms with Gasteiger partial charge in [-0.15, -0.1) is 0 Å². The predicted molar refractivity (Wildman–Crippen MR) is 74.9 cm³/mol. The van der Waals surface area contributed by atoms with Crippen molar-refractivity contribution in [2.24, 2.45) is 0 Å². The van der Waals surface area contributed by atoms with Gasteiger partial charge in [-0.05, 0) is 63.4 Å². The molecular formula is C15H24N2. The number of nitrogens with zero attached hydrogens (tertiary/aromatic N) is 1. The zero-order valence-corrected chi connectivity index (χ0v) is 11.5. The third kappa shape index (κ3) is 2.81. The lowest BCUT2D eigenvalue weighted by Gasteiger charge is -2.31. The largest absolute Gasteiger partial charge is 0.373 e. The van der Waals surface area contributed by atoms with Crippen LogP contribution in [0.4, 0.5) is 5.69 Å². The lowest BCUT2D eigenvalue weighted by molar-refractivity contribution is 0.428. The Morgan fingerprint density at radius 3 is 2.65 bits per heavy atom. The van der Waals surface area contributed by atoms with Crippen molar-refractivity contribution in [1.29, 1.82) is 0 Å². The fraction of sp³-hybridized carbons (Fsp3) is 0.600. The van der Waals surface area contributed by atoms with Crippen LogP contribution in [0.25, 0.3) is 0 Å². The van der Waals surface area contributed by atoms with Crippen molar-refractivity contribution in [3.8, 4) is 0 Å². The Morgan fingerprint density at radius 1 is 1.24 bits per heavy atom. The van der Waals surface area contributed by atoms with E-state index in [1.54, 1.807) is 11.1 Å². The maximum Gasteiger partial charge on any atom is 0.0367 e. The van der Waals surface area contributed by atoms with Crippen LogP contribution in [-0.2, 0) is 12.8 Å². The van der Waals surface area contributed by atoms with Crippen molar-refractivity contribution in [3.05, 3.63) is 29.3 Å². The summed E-state index contributed by atoms with van der Waals surface area (Å²) < 4.78 is 0. The third-order valence-electron chi connectivity index (χ3n) is 3.83. The van der Waals surface area contributed by atoms with E-state index in [1.807, 2.05) is 7.05 Å². The van der Waals surface area contributed by atoms with E-state index in [1.165, 1.54) is 24.9 Å². The number of hydrogen-bond donors (Lipinski definition) is 1. The van der Waals surface area contributed by atoms with Gasteiger partial charge in [-0.3, -0.25) is 0 Å². The fourth-order valence-corrected chi connectivity index (χ4v) is 2.56. The van der Waals surface area contributed by atoms with Crippen LogP contribution in [0.1, 0.15) is 31.4 Å². The van der Waals surface area contributed by atoms with Crippen LogP contribution < -0.4 is 10.2 Å². The summed E-state index contributed by atoms with van der Waals surface area (Å²) >= 11 is 0. The molecule has 1 aliphatic carbocycles. The van der Waals surface area contributed by atoms with Gasteiger partial charge in [0, 0.05) is 24.8 Å². The van der Waals surface area contributed by atoms with E-state index in [-0.39, 0.29) is 5.54 Å². The molecule has 0 spiro atoms. The van der Waals surface area contributed by atoms with Crippen molar-refractivity contribution < 1.29 is 0 Å². The predicted octanol–water partition coefficient (Wildman–Crippen LogP) is 2.61. The molecule has 0 bridgehead atoms. The number of hydrogen-bond acceptors (Lipinski definition) is 2. The van der Waals surface area contributed by atoms with Gasteiger partial charge in [-0.25, -0.2) is 0 Å². The fourth-order valence-electron chi connectivity index (χ4n) is 2.56. The third-order valence-corrected chi connectivity index (χ3v) is 3.83. The maximum absolute atomic E-state index is 3.35. The number of fused-ring (bicyclic) bond motifs is 1. The summed E-state index contributed by atoms with van der Waals surface area (Å²) in [5, 5.41) is 3.35. The summed E-state index contributed by atoms with van der Waals surface area (Å²) in [6, 6.07) is 6.94. The van der Waals surface area contributed by atoms with Gasteiger partial charge >= 0.3 is 0 Å². The van der Waals surface area contributed by atoms with Crippen LogP contribution in [-0.4, -0.2) is 26.2 Å². The molecule has 1 aromatic rings. The van der Waals surface area contributed by atoms with E-state index in [4.69, 9.17) is 0 Å². The van der Waals surface area contributed by atoms with Crippen LogP contribution in [0, 0.1) is 0 Å². The number of anilines is 1. The molecule has 0 saturated heterocycles. The monoisotopic (exact) mass is 232 g/mol. The normalized spacial score (nSPS) is 14.8. The molecule has 1 aliphatic rings. The summed E-state index contributed by atoms with van der Waals surface area (Å²) in [5.74, 6) is 0. The molecule has 0 aliphatic heterocycles. The molecule has 1 aromatic carbocycles. The van der Waals surface area contributed by atoms with Gasteiger partial charge in [0.05, 0.1) is 0 Å². The van der Waals surface area contributed by atoms with Crippen LogP contribution in [0.3, 0.4) is 0 Å². The average molecular weight is 232 g/mol. The Bertz CT molecular complexity index is 396. The highest BCUT2D eigenvalue weighted by Crippen LogP contribution is 2.26. The van der Waals surface area contributed by atoms with Gasteiger partial charge in [-0.1, -0.05) is 6.07 Å². The number of benzene rings is 1. The first-order valence-electron chi connectivity index (χ1n) is 6.54. The Kier molecular flexibility index (Phi) is 3.43. The lowest BCUT2D eigenvalue weighted by atomic mass is 10.0. The minimum Gasteiger partial charge on any atom is -0.373 e. The van der Waals surface area contributed by atoms with Crippen molar-refractivity contribution in [2.75, 3.05) is 25.5 Å². The number of aryl methyl sites for hydroxylation is 2. The molecule has 0 unspecified atom stereocenters. The molecule has 94 valence electrons. The highest BCUT2D eigenvalue weighted by molar-refractivity contribution is 5.52. The van der Waals surface area contributed by atoms with E-state index in [2.05, 4.69) is 49.3 Å². The smallest absolute Gasteiger partial charge is 0.0367 e. The van der Waals surface area contributed by atoms with Gasteiger partial charge in [-0.2, -0.15) is 0 Å². The molecule has 0 radical (unpaired) electrons. The van der Waals surface area contributed by atoms with E-state index in [0.29, 0.717) is 0 Å².